The Kier molecular flexibility index (Phi) is 5.30. The summed E-state index contributed by atoms with van der Waals surface area (Å²) in [6.45, 7) is 4.24. The molecule has 1 N–H and O–H groups in total. The minimum Gasteiger partial charge on any atom is -0.345 e. The highest BCUT2D eigenvalue weighted by molar-refractivity contribution is 5.95. The first-order chi connectivity index (χ1) is 12.1. The highest BCUT2D eigenvalue weighted by Gasteiger charge is 2.18. The number of hydrogen-bond donors (Lipinski definition) is 1. The van der Waals surface area contributed by atoms with Gasteiger partial charge < -0.3 is 5.32 Å². The van der Waals surface area contributed by atoms with E-state index in [2.05, 4.69) is 43.4 Å². The zero-order valence-corrected chi connectivity index (χ0v) is 14.6. The van der Waals surface area contributed by atoms with Gasteiger partial charge in [-0.3, -0.25) is 4.79 Å². The van der Waals surface area contributed by atoms with Crippen molar-refractivity contribution in [2.24, 2.45) is 5.92 Å². The molecule has 2 nitrogen and oxygen atoms in total. The van der Waals surface area contributed by atoms with Crippen molar-refractivity contribution >= 4 is 5.91 Å². The van der Waals surface area contributed by atoms with Gasteiger partial charge in [-0.15, -0.1) is 0 Å². The molecule has 0 radical (unpaired) electrons. The maximum atomic E-state index is 12.7. The number of benzene rings is 3. The van der Waals surface area contributed by atoms with Crippen LogP contribution in [0.1, 0.15) is 35.8 Å². The summed E-state index contributed by atoms with van der Waals surface area (Å²) in [6.07, 6.45) is 0. The van der Waals surface area contributed by atoms with E-state index >= 15 is 0 Å². The molecule has 0 aliphatic rings. The lowest BCUT2D eigenvalue weighted by Crippen LogP contribution is -2.31. The van der Waals surface area contributed by atoms with Crippen LogP contribution >= 0.6 is 0 Å². The molecule has 0 spiro atoms. The summed E-state index contributed by atoms with van der Waals surface area (Å²) in [7, 11) is 0. The predicted octanol–water partition coefficient (Wildman–Crippen LogP) is 5.48. The molecular weight excluding hydrogens is 306 g/mol. The first-order valence-electron chi connectivity index (χ1n) is 8.66. The maximum Gasteiger partial charge on any atom is 0.251 e. The second-order valence-corrected chi connectivity index (χ2v) is 6.55. The Morgan fingerprint density at radius 3 is 1.80 bits per heavy atom. The van der Waals surface area contributed by atoms with Gasteiger partial charge in [-0.25, -0.2) is 0 Å². The monoisotopic (exact) mass is 329 g/mol. The van der Waals surface area contributed by atoms with Gasteiger partial charge in [0.25, 0.3) is 5.91 Å². The third-order valence-electron chi connectivity index (χ3n) is 4.37. The molecule has 2 heteroatoms. The van der Waals surface area contributed by atoms with Gasteiger partial charge in [-0.05, 0) is 34.7 Å². The highest BCUT2D eigenvalue weighted by atomic mass is 16.1. The Labute approximate surface area is 149 Å². The van der Waals surface area contributed by atoms with Crippen LogP contribution in [-0.4, -0.2) is 5.91 Å². The van der Waals surface area contributed by atoms with E-state index < -0.39 is 0 Å². The SMILES string of the molecule is CC(C)[C@H](NC(=O)c1ccc(-c2ccccc2)cc1)c1ccccc1. The van der Waals surface area contributed by atoms with Crippen molar-refractivity contribution in [1.82, 2.24) is 5.32 Å². The first-order valence-corrected chi connectivity index (χ1v) is 8.66. The fraction of sp³-hybridized carbons (Fsp3) is 0.174. The fourth-order valence-corrected chi connectivity index (χ4v) is 2.96. The van der Waals surface area contributed by atoms with E-state index in [9.17, 15) is 4.79 Å². The van der Waals surface area contributed by atoms with Gasteiger partial charge in [0.05, 0.1) is 6.04 Å². The van der Waals surface area contributed by atoms with E-state index in [0.717, 1.165) is 16.7 Å². The number of hydrogen-bond acceptors (Lipinski definition) is 1. The quantitative estimate of drug-likeness (QED) is 0.660. The lowest BCUT2D eigenvalue weighted by atomic mass is 9.95. The summed E-state index contributed by atoms with van der Waals surface area (Å²) < 4.78 is 0. The third kappa shape index (κ3) is 4.16. The van der Waals surface area contributed by atoms with Crippen LogP contribution in [-0.2, 0) is 0 Å². The molecule has 0 fully saturated rings. The molecule has 0 heterocycles. The molecule has 0 aliphatic heterocycles. The van der Waals surface area contributed by atoms with E-state index in [0.29, 0.717) is 11.5 Å². The molecule has 0 aromatic heterocycles. The summed E-state index contributed by atoms with van der Waals surface area (Å²) in [4.78, 5) is 12.7. The average molecular weight is 329 g/mol. The van der Waals surface area contributed by atoms with Crippen molar-refractivity contribution in [3.63, 3.8) is 0 Å². The van der Waals surface area contributed by atoms with Crippen LogP contribution < -0.4 is 5.32 Å². The molecule has 0 saturated carbocycles. The Morgan fingerprint density at radius 2 is 1.24 bits per heavy atom. The van der Waals surface area contributed by atoms with E-state index in [-0.39, 0.29) is 11.9 Å². The van der Waals surface area contributed by atoms with E-state index in [1.807, 2.05) is 60.7 Å². The first kappa shape index (κ1) is 17.0. The van der Waals surface area contributed by atoms with Crippen LogP contribution in [0.4, 0.5) is 0 Å². The second kappa shape index (κ2) is 7.80. The molecular formula is C23H23NO. The highest BCUT2D eigenvalue weighted by Crippen LogP contribution is 2.23. The van der Waals surface area contributed by atoms with Crippen molar-refractivity contribution in [2.45, 2.75) is 19.9 Å². The van der Waals surface area contributed by atoms with Gasteiger partial charge in [0.1, 0.15) is 0 Å². The minimum atomic E-state index is -0.0397. The van der Waals surface area contributed by atoms with Crippen LogP contribution in [0.15, 0.2) is 84.9 Å². The van der Waals surface area contributed by atoms with Crippen LogP contribution in [0, 0.1) is 5.92 Å². The van der Waals surface area contributed by atoms with Crippen LogP contribution in [0.5, 0.6) is 0 Å². The molecule has 1 atom stereocenters. The number of nitrogens with one attached hydrogen (secondary N) is 1. The number of carbonyl (C=O) groups excluding carboxylic acids is 1. The predicted molar refractivity (Wildman–Crippen MR) is 103 cm³/mol. The summed E-state index contributed by atoms with van der Waals surface area (Å²) >= 11 is 0. The smallest absolute Gasteiger partial charge is 0.251 e. The van der Waals surface area contributed by atoms with Gasteiger partial charge in [0.2, 0.25) is 0 Å². The van der Waals surface area contributed by atoms with Crippen molar-refractivity contribution in [3.05, 3.63) is 96.1 Å². The van der Waals surface area contributed by atoms with Crippen LogP contribution in [0.3, 0.4) is 0 Å². The Bertz CT molecular complexity index is 808. The Hall–Kier alpha value is -2.87. The number of rotatable bonds is 5. The van der Waals surface area contributed by atoms with Gasteiger partial charge in [0, 0.05) is 5.56 Å². The molecule has 126 valence electrons. The Balaban J connectivity index is 1.76. The summed E-state index contributed by atoms with van der Waals surface area (Å²) in [5.41, 5.74) is 4.08. The zero-order valence-electron chi connectivity index (χ0n) is 14.6. The van der Waals surface area contributed by atoms with Gasteiger partial charge in [-0.2, -0.15) is 0 Å². The topological polar surface area (TPSA) is 29.1 Å². The molecule has 0 unspecified atom stereocenters. The standard InChI is InChI=1S/C23H23NO/c1-17(2)22(20-11-7-4-8-12-20)24-23(25)21-15-13-19(14-16-21)18-9-5-3-6-10-18/h3-17,22H,1-2H3,(H,24,25)/t22-/m0/s1. The average Bonchev–Trinajstić information content (AvgIpc) is 2.67. The second-order valence-electron chi connectivity index (χ2n) is 6.55. The third-order valence-corrected chi connectivity index (χ3v) is 4.37. The maximum absolute atomic E-state index is 12.7. The molecule has 3 aromatic rings. The number of amides is 1. The van der Waals surface area contributed by atoms with Crippen LogP contribution in [0.25, 0.3) is 11.1 Å². The van der Waals surface area contributed by atoms with Crippen molar-refractivity contribution in [2.75, 3.05) is 0 Å². The molecule has 0 saturated heterocycles. The Morgan fingerprint density at radius 1 is 0.720 bits per heavy atom. The number of carbonyl (C=O) groups is 1. The largest absolute Gasteiger partial charge is 0.345 e. The molecule has 0 aliphatic carbocycles. The van der Waals surface area contributed by atoms with Crippen molar-refractivity contribution in [3.8, 4) is 11.1 Å². The molecule has 3 aromatic carbocycles. The summed E-state index contributed by atoms with van der Waals surface area (Å²) in [5.74, 6) is 0.275. The van der Waals surface area contributed by atoms with Crippen molar-refractivity contribution in [1.29, 1.82) is 0 Å². The summed E-state index contributed by atoms with van der Waals surface area (Å²) in [6, 6.07) is 28.1. The molecule has 1 amide bonds. The van der Waals surface area contributed by atoms with E-state index in [1.54, 1.807) is 0 Å². The van der Waals surface area contributed by atoms with E-state index in [4.69, 9.17) is 0 Å². The van der Waals surface area contributed by atoms with Crippen molar-refractivity contribution < 1.29 is 4.79 Å². The van der Waals surface area contributed by atoms with Gasteiger partial charge >= 0.3 is 0 Å². The summed E-state index contributed by atoms with van der Waals surface area (Å²) in [5, 5.41) is 3.17. The van der Waals surface area contributed by atoms with Gasteiger partial charge in [-0.1, -0.05) is 86.6 Å². The van der Waals surface area contributed by atoms with Crippen LogP contribution in [0.2, 0.25) is 0 Å². The van der Waals surface area contributed by atoms with Gasteiger partial charge in [0.15, 0.2) is 0 Å². The molecule has 3 rings (SSSR count). The fourth-order valence-electron chi connectivity index (χ4n) is 2.96. The lowest BCUT2D eigenvalue weighted by molar-refractivity contribution is 0.0925. The normalized spacial score (nSPS) is 12.0. The lowest BCUT2D eigenvalue weighted by Gasteiger charge is -2.23. The van der Waals surface area contributed by atoms with E-state index in [1.165, 1.54) is 0 Å². The zero-order chi connectivity index (χ0) is 17.6. The molecule has 25 heavy (non-hydrogen) atoms. The minimum absolute atomic E-state index is 0.00231. The molecule has 0 bridgehead atoms.